The van der Waals surface area contributed by atoms with Crippen LogP contribution in [0.5, 0.6) is 0 Å². The van der Waals surface area contributed by atoms with Gasteiger partial charge in [0.2, 0.25) is 0 Å². The van der Waals surface area contributed by atoms with Crippen LogP contribution in [0.25, 0.3) is 5.69 Å². The van der Waals surface area contributed by atoms with Crippen molar-refractivity contribution in [3.05, 3.63) is 47.2 Å². The molecule has 3 nitrogen and oxygen atoms in total. The molecule has 0 aliphatic rings. The Morgan fingerprint density at radius 3 is 2.65 bits per heavy atom. The van der Waals surface area contributed by atoms with Gasteiger partial charge in [-0.3, -0.25) is 0 Å². The fourth-order valence-electron chi connectivity index (χ4n) is 1.62. The van der Waals surface area contributed by atoms with Gasteiger partial charge in [0.25, 0.3) is 0 Å². The summed E-state index contributed by atoms with van der Waals surface area (Å²) in [5, 5.41) is 8.18. The zero-order valence-electron chi connectivity index (χ0n) is 9.86. The quantitative estimate of drug-likeness (QED) is 0.826. The van der Waals surface area contributed by atoms with E-state index in [-0.39, 0.29) is 0 Å². The SMILES string of the molecule is CCCNCc1ccc(-n2cc(Cl)cn2)cc1. The van der Waals surface area contributed by atoms with Gasteiger partial charge in [0.15, 0.2) is 0 Å². The lowest BCUT2D eigenvalue weighted by molar-refractivity contribution is 0.675. The molecule has 0 amide bonds. The Morgan fingerprint density at radius 1 is 1.29 bits per heavy atom. The second kappa shape index (κ2) is 5.84. The van der Waals surface area contributed by atoms with E-state index in [9.17, 15) is 0 Å². The topological polar surface area (TPSA) is 29.9 Å². The van der Waals surface area contributed by atoms with E-state index in [2.05, 4.69) is 29.5 Å². The second-order valence-electron chi connectivity index (χ2n) is 3.95. The number of nitrogens with zero attached hydrogens (tertiary/aromatic N) is 2. The summed E-state index contributed by atoms with van der Waals surface area (Å²) >= 11 is 5.83. The van der Waals surface area contributed by atoms with Crippen molar-refractivity contribution in [1.82, 2.24) is 15.1 Å². The first-order valence-corrected chi connectivity index (χ1v) is 6.17. The number of aromatic nitrogens is 2. The molecule has 0 bridgehead atoms. The van der Waals surface area contributed by atoms with Crippen molar-refractivity contribution in [2.24, 2.45) is 0 Å². The molecule has 1 heterocycles. The van der Waals surface area contributed by atoms with Crippen molar-refractivity contribution in [3.63, 3.8) is 0 Å². The maximum absolute atomic E-state index is 5.83. The van der Waals surface area contributed by atoms with Crippen LogP contribution in [-0.4, -0.2) is 16.3 Å². The average molecular weight is 250 g/mol. The van der Waals surface area contributed by atoms with Crippen LogP contribution < -0.4 is 5.32 Å². The maximum Gasteiger partial charge on any atom is 0.0790 e. The molecular weight excluding hydrogens is 234 g/mol. The lowest BCUT2D eigenvalue weighted by Crippen LogP contribution is -2.13. The normalized spacial score (nSPS) is 10.7. The number of benzene rings is 1. The molecule has 0 aliphatic heterocycles. The Hall–Kier alpha value is -1.32. The molecule has 1 aromatic carbocycles. The predicted molar refractivity (Wildman–Crippen MR) is 70.6 cm³/mol. The number of hydrogen-bond donors (Lipinski definition) is 1. The van der Waals surface area contributed by atoms with Crippen LogP contribution in [0.3, 0.4) is 0 Å². The van der Waals surface area contributed by atoms with Crippen LogP contribution in [0.15, 0.2) is 36.7 Å². The molecule has 2 rings (SSSR count). The Morgan fingerprint density at radius 2 is 2.06 bits per heavy atom. The van der Waals surface area contributed by atoms with Crippen LogP contribution in [0.2, 0.25) is 5.02 Å². The van der Waals surface area contributed by atoms with Crippen LogP contribution in [0, 0.1) is 0 Å². The minimum absolute atomic E-state index is 0.652. The van der Waals surface area contributed by atoms with Gasteiger partial charge in [-0.25, -0.2) is 4.68 Å². The van der Waals surface area contributed by atoms with Crippen LogP contribution in [-0.2, 0) is 6.54 Å². The van der Waals surface area contributed by atoms with Gasteiger partial charge < -0.3 is 5.32 Å². The molecule has 17 heavy (non-hydrogen) atoms. The van der Waals surface area contributed by atoms with Gasteiger partial charge in [-0.2, -0.15) is 5.10 Å². The van der Waals surface area contributed by atoms with Crippen molar-refractivity contribution >= 4 is 11.6 Å². The van der Waals surface area contributed by atoms with E-state index in [4.69, 9.17) is 11.6 Å². The van der Waals surface area contributed by atoms with Gasteiger partial charge in [0, 0.05) is 12.7 Å². The maximum atomic E-state index is 5.83. The van der Waals surface area contributed by atoms with E-state index in [1.165, 1.54) is 5.56 Å². The van der Waals surface area contributed by atoms with Crippen LogP contribution in [0.1, 0.15) is 18.9 Å². The Kier molecular flexibility index (Phi) is 4.18. The summed E-state index contributed by atoms with van der Waals surface area (Å²) < 4.78 is 1.77. The molecule has 0 aliphatic carbocycles. The number of nitrogens with one attached hydrogen (secondary N) is 1. The van der Waals surface area contributed by atoms with E-state index in [0.717, 1.165) is 25.2 Å². The highest BCUT2D eigenvalue weighted by molar-refractivity contribution is 6.30. The van der Waals surface area contributed by atoms with Crippen molar-refractivity contribution in [1.29, 1.82) is 0 Å². The lowest BCUT2D eigenvalue weighted by atomic mass is 10.2. The molecule has 0 radical (unpaired) electrons. The Bertz CT molecular complexity index is 462. The smallest absolute Gasteiger partial charge is 0.0790 e. The predicted octanol–water partition coefficient (Wildman–Crippen LogP) is 3.03. The summed E-state index contributed by atoms with van der Waals surface area (Å²) in [4.78, 5) is 0. The van der Waals surface area contributed by atoms with Crippen LogP contribution in [0.4, 0.5) is 0 Å². The molecule has 1 aromatic heterocycles. The summed E-state index contributed by atoms with van der Waals surface area (Å²) in [6.07, 6.45) is 4.59. The summed E-state index contributed by atoms with van der Waals surface area (Å²) in [7, 11) is 0. The molecule has 1 N–H and O–H groups in total. The standard InChI is InChI=1S/C13H16ClN3/c1-2-7-15-8-11-3-5-13(6-4-11)17-10-12(14)9-16-17/h3-6,9-10,15H,2,7-8H2,1H3. The third-order valence-electron chi connectivity index (χ3n) is 2.51. The van der Waals surface area contributed by atoms with Crippen LogP contribution >= 0.6 is 11.6 Å². The van der Waals surface area contributed by atoms with Gasteiger partial charge in [0.1, 0.15) is 0 Å². The highest BCUT2D eigenvalue weighted by Crippen LogP contribution is 2.12. The Labute approximate surface area is 106 Å². The second-order valence-corrected chi connectivity index (χ2v) is 4.38. The van der Waals surface area contributed by atoms with E-state index < -0.39 is 0 Å². The summed E-state index contributed by atoms with van der Waals surface area (Å²) in [5.41, 5.74) is 2.30. The fourth-order valence-corrected chi connectivity index (χ4v) is 1.75. The molecule has 0 spiro atoms. The van der Waals surface area contributed by atoms with E-state index >= 15 is 0 Å². The monoisotopic (exact) mass is 249 g/mol. The molecule has 2 aromatic rings. The summed E-state index contributed by atoms with van der Waals surface area (Å²) in [6.45, 7) is 4.13. The highest BCUT2D eigenvalue weighted by atomic mass is 35.5. The van der Waals surface area contributed by atoms with Gasteiger partial charge >= 0.3 is 0 Å². The van der Waals surface area contributed by atoms with Gasteiger partial charge in [-0.15, -0.1) is 0 Å². The van der Waals surface area contributed by atoms with E-state index in [0.29, 0.717) is 5.02 Å². The van der Waals surface area contributed by atoms with Gasteiger partial charge in [0.05, 0.1) is 16.9 Å². The summed E-state index contributed by atoms with van der Waals surface area (Å²) in [6, 6.07) is 8.31. The molecule has 0 unspecified atom stereocenters. The van der Waals surface area contributed by atoms with Crippen molar-refractivity contribution < 1.29 is 0 Å². The number of halogens is 1. The third-order valence-corrected chi connectivity index (χ3v) is 2.70. The Balaban J connectivity index is 2.02. The molecule has 0 saturated carbocycles. The van der Waals surface area contributed by atoms with Crippen molar-refractivity contribution in [3.8, 4) is 5.69 Å². The minimum Gasteiger partial charge on any atom is -0.313 e. The third kappa shape index (κ3) is 3.32. The molecule has 0 fully saturated rings. The highest BCUT2D eigenvalue weighted by Gasteiger charge is 1.99. The van der Waals surface area contributed by atoms with Gasteiger partial charge in [-0.1, -0.05) is 30.7 Å². The molecule has 4 heteroatoms. The average Bonchev–Trinajstić information content (AvgIpc) is 2.77. The zero-order chi connectivity index (χ0) is 12.1. The first kappa shape index (κ1) is 12.1. The van der Waals surface area contributed by atoms with Crippen molar-refractivity contribution in [2.45, 2.75) is 19.9 Å². The summed E-state index contributed by atoms with van der Waals surface area (Å²) in [5.74, 6) is 0. The van der Waals surface area contributed by atoms with E-state index in [1.807, 2.05) is 12.1 Å². The van der Waals surface area contributed by atoms with Gasteiger partial charge in [-0.05, 0) is 30.7 Å². The number of hydrogen-bond acceptors (Lipinski definition) is 2. The largest absolute Gasteiger partial charge is 0.313 e. The minimum atomic E-state index is 0.652. The lowest BCUT2D eigenvalue weighted by Gasteiger charge is -2.05. The first-order valence-electron chi connectivity index (χ1n) is 5.80. The molecular formula is C13H16ClN3. The first-order chi connectivity index (χ1) is 8.29. The molecule has 0 saturated heterocycles. The molecule has 0 atom stereocenters. The molecule has 90 valence electrons. The van der Waals surface area contributed by atoms with Crippen molar-refractivity contribution in [2.75, 3.05) is 6.54 Å². The van der Waals surface area contributed by atoms with E-state index in [1.54, 1.807) is 17.1 Å². The fraction of sp³-hybridized carbons (Fsp3) is 0.308. The zero-order valence-corrected chi connectivity index (χ0v) is 10.6. The number of rotatable bonds is 5.